The molecule has 0 spiro atoms. The number of hydrogen-bond acceptors (Lipinski definition) is 3. The van der Waals surface area contributed by atoms with E-state index in [1.807, 2.05) is 24.3 Å². The molecule has 5 nitrogen and oxygen atoms in total. The Hall–Kier alpha value is -2.34. The van der Waals surface area contributed by atoms with Gasteiger partial charge in [0.05, 0.1) is 13.3 Å². The molecule has 0 bridgehead atoms. The summed E-state index contributed by atoms with van der Waals surface area (Å²) in [6.45, 7) is 8.55. The maximum absolute atomic E-state index is 5.25. The topological polar surface area (TPSA) is 50.6 Å². The number of methoxy groups -OCH3 is 1. The molecule has 1 aromatic heterocycles. The number of thiocarbonyl (C=S) groups is 1. The first-order valence-corrected chi connectivity index (χ1v) is 8.25. The molecule has 0 aliphatic rings. The molecular weight excluding hydrogens is 320 g/mol. The van der Waals surface area contributed by atoms with Crippen LogP contribution in [0.4, 0.5) is 5.69 Å². The molecule has 0 aliphatic carbocycles. The zero-order valence-corrected chi connectivity index (χ0v) is 15.6. The van der Waals surface area contributed by atoms with E-state index in [0.29, 0.717) is 11.2 Å². The minimum atomic E-state index is 0.427. The zero-order chi connectivity index (χ0) is 17.7. The minimum Gasteiger partial charge on any atom is -0.497 e. The lowest BCUT2D eigenvalue weighted by Crippen LogP contribution is -2.23. The van der Waals surface area contributed by atoms with E-state index in [1.54, 1.807) is 13.3 Å². The summed E-state index contributed by atoms with van der Waals surface area (Å²) in [5, 5.41) is 7.73. The molecule has 6 heteroatoms. The zero-order valence-electron chi connectivity index (χ0n) is 14.8. The normalized spacial score (nSPS) is 11.1. The molecule has 2 rings (SSSR count). The van der Waals surface area contributed by atoms with Gasteiger partial charge in [0, 0.05) is 34.7 Å². The maximum Gasteiger partial charge on any atom is 0.191 e. The number of hydrazone groups is 1. The number of aryl methyl sites for hydroxylation is 1. The highest BCUT2D eigenvalue weighted by Crippen LogP contribution is 2.19. The fourth-order valence-electron chi connectivity index (χ4n) is 2.75. The highest BCUT2D eigenvalue weighted by atomic mass is 32.1. The smallest absolute Gasteiger partial charge is 0.191 e. The third-order valence-corrected chi connectivity index (χ3v) is 3.93. The molecule has 24 heavy (non-hydrogen) atoms. The van der Waals surface area contributed by atoms with Crippen molar-refractivity contribution in [1.82, 2.24) is 9.99 Å². The van der Waals surface area contributed by atoms with Crippen LogP contribution in [0.5, 0.6) is 5.75 Å². The van der Waals surface area contributed by atoms with E-state index in [2.05, 4.69) is 54.2 Å². The lowest BCUT2D eigenvalue weighted by molar-refractivity contribution is 0.415. The van der Waals surface area contributed by atoms with Gasteiger partial charge in [0.15, 0.2) is 5.11 Å². The van der Waals surface area contributed by atoms with Gasteiger partial charge in [-0.1, -0.05) is 6.07 Å². The number of rotatable bonds is 5. The van der Waals surface area contributed by atoms with Crippen LogP contribution in [0.25, 0.3) is 0 Å². The monoisotopic (exact) mass is 344 g/mol. The SMILES string of the molecule is COc1cccc(NC(=S)N/N=C\c2cc(C)n(C(C)C)c2C)c1. The van der Waals surface area contributed by atoms with Crippen LogP contribution < -0.4 is 15.5 Å². The van der Waals surface area contributed by atoms with E-state index < -0.39 is 0 Å². The van der Waals surface area contributed by atoms with Crippen molar-refractivity contribution in [1.29, 1.82) is 0 Å². The first-order valence-electron chi connectivity index (χ1n) is 7.85. The molecule has 0 fully saturated rings. The number of nitrogens with zero attached hydrogens (tertiary/aromatic N) is 2. The molecule has 0 amide bonds. The predicted molar refractivity (Wildman–Crippen MR) is 104 cm³/mol. The number of ether oxygens (including phenoxy) is 1. The molecular formula is C18H24N4OS. The summed E-state index contributed by atoms with van der Waals surface area (Å²) in [7, 11) is 1.63. The van der Waals surface area contributed by atoms with Crippen molar-refractivity contribution in [3.63, 3.8) is 0 Å². The van der Waals surface area contributed by atoms with Gasteiger partial charge in [-0.15, -0.1) is 0 Å². The molecule has 2 aromatic rings. The minimum absolute atomic E-state index is 0.427. The van der Waals surface area contributed by atoms with Gasteiger partial charge in [-0.3, -0.25) is 5.43 Å². The number of nitrogens with one attached hydrogen (secondary N) is 2. The first-order chi connectivity index (χ1) is 11.4. The van der Waals surface area contributed by atoms with Crippen LogP contribution in [0.2, 0.25) is 0 Å². The van der Waals surface area contributed by atoms with Crippen molar-refractivity contribution < 1.29 is 4.74 Å². The van der Waals surface area contributed by atoms with Crippen molar-refractivity contribution in [2.75, 3.05) is 12.4 Å². The first kappa shape index (κ1) is 18.0. The van der Waals surface area contributed by atoms with Gasteiger partial charge in [0.2, 0.25) is 0 Å². The quantitative estimate of drug-likeness (QED) is 0.489. The molecule has 1 heterocycles. The summed E-state index contributed by atoms with van der Waals surface area (Å²) in [5.41, 5.74) is 7.19. The Morgan fingerprint density at radius 3 is 2.67 bits per heavy atom. The molecule has 2 N–H and O–H groups in total. The number of anilines is 1. The Morgan fingerprint density at radius 2 is 2.04 bits per heavy atom. The molecule has 0 unspecified atom stereocenters. The molecule has 0 saturated heterocycles. The van der Waals surface area contributed by atoms with Crippen LogP contribution in [0.3, 0.4) is 0 Å². The Morgan fingerprint density at radius 1 is 1.29 bits per heavy atom. The summed E-state index contributed by atoms with van der Waals surface area (Å²) in [6, 6.07) is 10.1. The van der Waals surface area contributed by atoms with Crippen molar-refractivity contribution in [3.8, 4) is 5.75 Å². The predicted octanol–water partition coefficient (Wildman–Crippen LogP) is 4.01. The molecule has 0 atom stereocenters. The second-order valence-corrected chi connectivity index (χ2v) is 6.25. The Balaban J connectivity index is 1.99. The van der Waals surface area contributed by atoms with E-state index in [4.69, 9.17) is 17.0 Å². The third kappa shape index (κ3) is 4.35. The van der Waals surface area contributed by atoms with Crippen molar-refractivity contribution in [3.05, 3.63) is 47.3 Å². The van der Waals surface area contributed by atoms with Gasteiger partial charge in [-0.05, 0) is 58.1 Å². The van der Waals surface area contributed by atoms with Crippen LogP contribution in [0.15, 0.2) is 35.4 Å². The van der Waals surface area contributed by atoms with Gasteiger partial charge in [0.1, 0.15) is 5.75 Å². The summed E-state index contributed by atoms with van der Waals surface area (Å²) in [4.78, 5) is 0. The average molecular weight is 344 g/mol. The van der Waals surface area contributed by atoms with Gasteiger partial charge in [-0.2, -0.15) is 5.10 Å². The average Bonchev–Trinajstić information content (AvgIpc) is 2.81. The fourth-order valence-corrected chi connectivity index (χ4v) is 2.92. The van der Waals surface area contributed by atoms with Gasteiger partial charge in [0.25, 0.3) is 0 Å². The standard InChI is InChI=1S/C18H24N4OS/c1-12(2)22-13(3)9-15(14(22)4)11-19-21-18(24)20-16-7-6-8-17(10-16)23-5/h6-12H,1-5H3,(H2,20,21,24)/b19-11-. The second kappa shape index (κ2) is 7.97. The van der Waals surface area contributed by atoms with E-state index >= 15 is 0 Å². The van der Waals surface area contributed by atoms with Crippen LogP contribution >= 0.6 is 12.2 Å². The van der Waals surface area contributed by atoms with Crippen LogP contribution in [0, 0.1) is 13.8 Å². The van der Waals surface area contributed by atoms with Crippen LogP contribution in [-0.4, -0.2) is 23.0 Å². The van der Waals surface area contributed by atoms with Gasteiger partial charge in [-0.25, -0.2) is 0 Å². The van der Waals surface area contributed by atoms with Gasteiger partial charge < -0.3 is 14.6 Å². The highest BCUT2D eigenvalue weighted by molar-refractivity contribution is 7.80. The number of aromatic nitrogens is 1. The van der Waals surface area contributed by atoms with Crippen LogP contribution in [0.1, 0.15) is 36.8 Å². The van der Waals surface area contributed by atoms with Crippen molar-refractivity contribution in [2.24, 2.45) is 5.10 Å². The molecule has 0 saturated carbocycles. The Kier molecular flexibility index (Phi) is 5.98. The lowest BCUT2D eigenvalue weighted by atomic mass is 10.2. The highest BCUT2D eigenvalue weighted by Gasteiger charge is 2.09. The molecule has 1 aromatic carbocycles. The molecule has 0 aliphatic heterocycles. The number of hydrogen-bond donors (Lipinski definition) is 2. The van der Waals surface area contributed by atoms with E-state index in [-0.39, 0.29) is 0 Å². The van der Waals surface area contributed by atoms with Gasteiger partial charge >= 0.3 is 0 Å². The molecule has 128 valence electrons. The second-order valence-electron chi connectivity index (χ2n) is 5.85. The summed E-state index contributed by atoms with van der Waals surface area (Å²) < 4.78 is 7.47. The summed E-state index contributed by atoms with van der Waals surface area (Å²) in [5.74, 6) is 0.771. The maximum atomic E-state index is 5.25. The summed E-state index contributed by atoms with van der Waals surface area (Å²) in [6.07, 6.45) is 1.79. The lowest BCUT2D eigenvalue weighted by Gasteiger charge is -2.13. The van der Waals surface area contributed by atoms with E-state index in [0.717, 1.165) is 17.0 Å². The van der Waals surface area contributed by atoms with Crippen molar-refractivity contribution in [2.45, 2.75) is 33.7 Å². The third-order valence-electron chi connectivity index (χ3n) is 3.74. The van der Waals surface area contributed by atoms with E-state index in [9.17, 15) is 0 Å². The Labute approximate surface area is 148 Å². The van der Waals surface area contributed by atoms with Crippen LogP contribution in [-0.2, 0) is 0 Å². The largest absolute Gasteiger partial charge is 0.497 e. The number of benzene rings is 1. The summed E-state index contributed by atoms with van der Waals surface area (Å²) >= 11 is 5.25. The molecule has 0 radical (unpaired) electrons. The van der Waals surface area contributed by atoms with Crippen molar-refractivity contribution >= 4 is 29.2 Å². The Bertz CT molecular complexity index is 749. The fraction of sp³-hybridized carbons (Fsp3) is 0.333. The van der Waals surface area contributed by atoms with E-state index in [1.165, 1.54) is 11.4 Å².